The molecule has 5 rings (SSSR count). The van der Waals surface area contributed by atoms with Crippen LogP contribution in [0.5, 0.6) is 0 Å². The third kappa shape index (κ3) is 4.60. The Hall–Kier alpha value is -0.920. The number of halogens is 2. The summed E-state index contributed by atoms with van der Waals surface area (Å²) in [4.78, 5) is 0. The lowest BCUT2D eigenvalue weighted by Gasteiger charge is -2.46. The van der Waals surface area contributed by atoms with Gasteiger partial charge in [0.15, 0.2) is 11.6 Å². The number of rotatable bonds is 4. The maximum absolute atomic E-state index is 14.1. The van der Waals surface area contributed by atoms with Gasteiger partial charge in [0.1, 0.15) is 0 Å². The molecule has 3 fully saturated rings. The molecule has 4 aliphatic rings. The lowest BCUT2D eigenvalue weighted by atomic mass is 9.60. The zero-order valence-electron chi connectivity index (χ0n) is 19.6. The Morgan fingerprint density at radius 2 is 1.32 bits per heavy atom. The molecule has 2 heteroatoms. The Balaban J connectivity index is 1.12. The summed E-state index contributed by atoms with van der Waals surface area (Å²) >= 11 is 0. The molecule has 1 aromatic carbocycles. The van der Waals surface area contributed by atoms with Crippen molar-refractivity contribution in [2.75, 3.05) is 0 Å². The van der Waals surface area contributed by atoms with Crippen molar-refractivity contribution in [3.05, 3.63) is 34.9 Å². The molecule has 4 aliphatic carbocycles. The summed E-state index contributed by atoms with van der Waals surface area (Å²) in [5, 5.41) is 0. The van der Waals surface area contributed by atoms with E-state index in [1.165, 1.54) is 83.1 Å². The third-order valence-corrected chi connectivity index (χ3v) is 10.1. The summed E-state index contributed by atoms with van der Waals surface area (Å²) in [5.74, 6) is 5.30. The summed E-state index contributed by atoms with van der Waals surface area (Å²) in [6.07, 6.45) is 20.3. The van der Waals surface area contributed by atoms with Crippen LogP contribution >= 0.6 is 0 Å². The fourth-order valence-corrected chi connectivity index (χ4v) is 8.42. The summed E-state index contributed by atoms with van der Waals surface area (Å²) in [6.45, 7) is 2.35. The fraction of sp³-hybridized carbons (Fsp3) is 0.793. The molecule has 0 bridgehead atoms. The molecule has 0 heterocycles. The predicted molar refractivity (Wildman–Crippen MR) is 124 cm³/mol. The highest BCUT2D eigenvalue weighted by atomic mass is 19.2. The van der Waals surface area contributed by atoms with Crippen molar-refractivity contribution in [1.29, 1.82) is 0 Å². The van der Waals surface area contributed by atoms with Crippen molar-refractivity contribution in [1.82, 2.24) is 0 Å². The molecule has 0 nitrogen and oxygen atoms in total. The SMILES string of the molecule is CCCC1CCC2CC(C3CCC(C4CCc5c(ccc(F)c5F)C4)CC3)CCC2C1. The standard InChI is InChI=1S/C29H42F2/c1-2-3-19-4-5-25-17-23(11-10-22(25)16-19)20-6-8-21(9-7-20)24-12-14-27-26(18-24)13-15-28(30)29(27)31/h13,15,19-25H,2-12,14,16-18H2,1H3. The second kappa shape index (κ2) is 9.52. The van der Waals surface area contributed by atoms with Gasteiger partial charge in [-0.15, -0.1) is 0 Å². The van der Waals surface area contributed by atoms with Gasteiger partial charge >= 0.3 is 0 Å². The first-order valence-electron chi connectivity index (χ1n) is 13.6. The smallest absolute Gasteiger partial charge is 0.162 e. The summed E-state index contributed by atoms with van der Waals surface area (Å²) in [5.41, 5.74) is 1.74. The van der Waals surface area contributed by atoms with Crippen LogP contribution in [-0.2, 0) is 12.8 Å². The maximum Gasteiger partial charge on any atom is 0.162 e. The monoisotopic (exact) mass is 428 g/mol. The highest BCUT2D eigenvalue weighted by Crippen LogP contribution is 2.50. The molecule has 5 atom stereocenters. The van der Waals surface area contributed by atoms with Crippen molar-refractivity contribution in [2.45, 2.75) is 103 Å². The summed E-state index contributed by atoms with van der Waals surface area (Å²) in [6, 6.07) is 3.18. The molecule has 172 valence electrons. The number of fused-ring (bicyclic) bond motifs is 2. The van der Waals surface area contributed by atoms with Crippen molar-refractivity contribution in [3.63, 3.8) is 0 Å². The van der Waals surface area contributed by atoms with E-state index in [1.807, 2.05) is 6.07 Å². The number of hydrogen-bond acceptors (Lipinski definition) is 0. The molecule has 5 unspecified atom stereocenters. The van der Waals surface area contributed by atoms with E-state index in [-0.39, 0.29) is 0 Å². The molecule has 1 aromatic rings. The molecule has 0 aromatic heterocycles. The Kier molecular flexibility index (Phi) is 6.72. The molecule has 0 spiro atoms. The average molecular weight is 429 g/mol. The van der Waals surface area contributed by atoms with Gasteiger partial charge in [-0.3, -0.25) is 0 Å². The van der Waals surface area contributed by atoms with Gasteiger partial charge in [-0.05, 0) is 136 Å². The molecule has 0 radical (unpaired) electrons. The Labute approximate surface area is 188 Å². The molecule has 0 N–H and O–H groups in total. The zero-order chi connectivity index (χ0) is 21.4. The zero-order valence-corrected chi connectivity index (χ0v) is 19.6. The van der Waals surface area contributed by atoms with Gasteiger partial charge in [0.05, 0.1) is 0 Å². The van der Waals surface area contributed by atoms with Crippen LogP contribution in [-0.4, -0.2) is 0 Å². The predicted octanol–water partition coefficient (Wildman–Crippen LogP) is 8.51. The van der Waals surface area contributed by atoms with Crippen LogP contribution in [0.4, 0.5) is 8.78 Å². The van der Waals surface area contributed by atoms with Gasteiger partial charge < -0.3 is 0 Å². The van der Waals surface area contributed by atoms with E-state index < -0.39 is 11.6 Å². The van der Waals surface area contributed by atoms with E-state index in [0.29, 0.717) is 11.5 Å². The van der Waals surface area contributed by atoms with E-state index in [4.69, 9.17) is 0 Å². The Bertz CT molecular complexity index is 747. The van der Waals surface area contributed by atoms with Crippen molar-refractivity contribution < 1.29 is 8.78 Å². The fourth-order valence-electron chi connectivity index (χ4n) is 8.42. The third-order valence-electron chi connectivity index (χ3n) is 10.1. The van der Waals surface area contributed by atoms with Crippen LogP contribution in [0.15, 0.2) is 12.1 Å². The molecule has 0 amide bonds. The second-order valence-corrected chi connectivity index (χ2v) is 11.7. The molecule has 0 aliphatic heterocycles. The minimum Gasteiger partial charge on any atom is -0.204 e. The lowest BCUT2D eigenvalue weighted by molar-refractivity contribution is 0.0530. The normalized spacial score (nSPS) is 38.4. The Morgan fingerprint density at radius 1 is 0.710 bits per heavy atom. The number of benzene rings is 1. The van der Waals surface area contributed by atoms with Gasteiger partial charge in [-0.1, -0.05) is 32.3 Å². The van der Waals surface area contributed by atoms with E-state index in [2.05, 4.69) is 6.92 Å². The van der Waals surface area contributed by atoms with Crippen LogP contribution in [0.25, 0.3) is 0 Å². The first-order chi connectivity index (χ1) is 15.1. The van der Waals surface area contributed by atoms with Gasteiger partial charge in [-0.2, -0.15) is 0 Å². The molecular formula is C29H42F2. The maximum atomic E-state index is 14.1. The Morgan fingerprint density at radius 3 is 2.06 bits per heavy atom. The topological polar surface area (TPSA) is 0 Å². The second-order valence-electron chi connectivity index (χ2n) is 11.7. The van der Waals surface area contributed by atoms with Crippen molar-refractivity contribution in [3.8, 4) is 0 Å². The van der Waals surface area contributed by atoms with Crippen LogP contribution in [0.2, 0.25) is 0 Å². The van der Waals surface area contributed by atoms with Gasteiger partial charge in [0.2, 0.25) is 0 Å². The van der Waals surface area contributed by atoms with Gasteiger partial charge in [0.25, 0.3) is 0 Å². The lowest BCUT2D eigenvalue weighted by Crippen LogP contribution is -2.35. The first kappa shape index (κ1) is 21.9. The minimum absolute atomic E-state index is 0.584. The van der Waals surface area contributed by atoms with Crippen LogP contribution in [0, 0.1) is 53.1 Å². The van der Waals surface area contributed by atoms with E-state index in [1.54, 1.807) is 0 Å². The largest absolute Gasteiger partial charge is 0.204 e. The van der Waals surface area contributed by atoms with E-state index in [9.17, 15) is 8.78 Å². The first-order valence-corrected chi connectivity index (χ1v) is 13.6. The highest BCUT2D eigenvalue weighted by Gasteiger charge is 2.39. The molecule has 3 saturated carbocycles. The van der Waals surface area contributed by atoms with Crippen molar-refractivity contribution >= 4 is 0 Å². The molecule has 31 heavy (non-hydrogen) atoms. The van der Waals surface area contributed by atoms with Gasteiger partial charge in [-0.25, -0.2) is 8.78 Å². The van der Waals surface area contributed by atoms with Crippen molar-refractivity contribution in [2.24, 2.45) is 41.4 Å². The summed E-state index contributed by atoms with van der Waals surface area (Å²) < 4.78 is 27.7. The van der Waals surface area contributed by atoms with Gasteiger partial charge in [0, 0.05) is 0 Å². The van der Waals surface area contributed by atoms with Crippen LogP contribution in [0.1, 0.15) is 102 Å². The quantitative estimate of drug-likeness (QED) is 0.451. The number of hydrogen-bond donors (Lipinski definition) is 0. The van der Waals surface area contributed by atoms with Crippen LogP contribution in [0.3, 0.4) is 0 Å². The summed E-state index contributed by atoms with van der Waals surface area (Å²) in [7, 11) is 0. The minimum atomic E-state index is -0.675. The average Bonchev–Trinajstić information content (AvgIpc) is 2.81. The van der Waals surface area contributed by atoms with Crippen LogP contribution < -0.4 is 0 Å². The van der Waals surface area contributed by atoms with E-state index >= 15 is 0 Å². The van der Waals surface area contributed by atoms with E-state index in [0.717, 1.165) is 60.3 Å². The molecular weight excluding hydrogens is 386 g/mol. The molecule has 0 saturated heterocycles. The highest BCUT2D eigenvalue weighted by molar-refractivity contribution is 5.32.